The molecule has 1 saturated heterocycles. The van der Waals surface area contributed by atoms with E-state index in [2.05, 4.69) is 0 Å². The van der Waals surface area contributed by atoms with Gasteiger partial charge in [-0.15, -0.1) is 0 Å². The van der Waals surface area contributed by atoms with Gasteiger partial charge in [-0.05, 0) is 61.1 Å². The Balaban J connectivity index is 2.21. The molecule has 2 aromatic rings. The maximum absolute atomic E-state index is 12.9. The van der Waals surface area contributed by atoms with Crippen molar-refractivity contribution in [3.63, 3.8) is 0 Å². The number of hydrogen-bond donors (Lipinski definition) is 0. The van der Waals surface area contributed by atoms with Crippen LogP contribution in [0.3, 0.4) is 0 Å². The van der Waals surface area contributed by atoms with Crippen LogP contribution < -0.4 is 9.47 Å². The molecule has 0 unspecified atom stereocenters. The van der Waals surface area contributed by atoms with E-state index < -0.39 is 5.97 Å². The van der Waals surface area contributed by atoms with E-state index in [4.69, 9.17) is 26.4 Å². The fourth-order valence-electron chi connectivity index (χ4n) is 3.27. The topological polar surface area (TPSA) is 68.3 Å². The second-order valence-corrected chi connectivity index (χ2v) is 6.93. The summed E-state index contributed by atoms with van der Waals surface area (Å²) in [5, 5.41) is 2.07. The number of carbonyl (C=O) groups is 2. The molecule has 0 radical (unpaired) electrons. The lowest BCUT2D eigenvalue weighted by Gasteiger charge is -2.18. The first-order valence-electron chi connectivity index (χ1n) is 9.61. The minimum absolute atomic E-state index is 0.157. The zero-order valence-electron chi connectivity index (χ0n) is 17.4. The highest BCUT2D eigenvalue weighted by molar-refractivity contribution is 7.80. The van der Waals surface area contributed by atoms with E-state index in [9.17, 15) is 9.59 Å². The predicted octanol–water partition coefficient (Wildman–Crippen LogP) is 3.21. The third-order valence-corrected chi connectivity index (χ3v) is 5.23. The van der Waals surface area contributed by atoms with Crippen LogP contribution in [0, 0.1) is 0 Å². The van der Waals surface area contributed by atoms with Crippen molar-refractivity contribution in [3.05, 3.63) is 41.6 Å². The van der Waals surface area contributed by atoms with Crippen LogP contribution in [-0.4, -0.2) is 60.7 Å². The van der Waals surface area contributed by atoms with Gasteiger partial charge in [0, 0.05) is 12.6 Å². The molecule has 0 spiro atoms. The van der Waals surface area contributed by atoms with Crippen LogP contribution in [0.25, 0.3) is 16.8 Å². The fraction of sp³-hybridized carbons (Fsp3) is 0.318. The molecule has 0 saturated carbocycles. The Labute approximate surface area is 180 Å². The molecule has 0 bridgehead atoms. The quantitative estimate of drug-likeness (QED) is 0.381. The molecule has 1 heterocycles. The number of nitrogens with zero attached hydrogens (tertiary/aromatic N) is 2. The zero-order valence-corrected chi connectivity index (χ0v) is 18.2. The predicted molar refractivity (Wildman–Crippen MR) is 118 cm³/mol. The third-order valence-electron chi connectivity index (χ3n) is 4.73. The van der Waals surface area contributed by atoms with Crippen LogP contribution in [0.4, 0.5) is 0 Å². The first-order valence-corrected chi connectivity index (χ1v) is 10.0. The molecule has 1 fully saturated rings. The monoisotopic (exact) mass is 428 g/mol. The SMILES string of the molecule is CCOc1ccc2ccc(OCC)c(/C=C3/C(=O)N(C)C(=S)N3CC(=O)OC)c2c1. The van der Waals surface area contributed by atoms with E-state index in [0.717, 1.165) is 16.5 Å². The largest absolute Gasteiger partial charge is 0.494 e. The Morgan fingerprint density at radius 3 is 2.50 bits per heavy atom. The van der Waals surface area contributed by atoms with Crippen LogP contribution in [-0.2, 0) is 14.3 Å². The molecule has 1 aliphatic rings. The number of hydrogen-bond acceptors (Lipinski definition) is 6. The van der Waals surface area contributed by atoms with E-state index in [-0.39, 0.29) is 23.3 Å². The average molecular weight is 429 g/mol. The van der Waals surface area contributed by atoms with Gasteiger partial charge in [0.1, 0.15) is 23.7 Å². The summed E-state index contributed by atoms with van der Waals surface area (Å²) < 4.78 is 16.2. The molecule has 0 aliphatic carbocycles. The lowest BCUT2D eigenvalue weighted by atomic mass is 10.0. The summed E-state index contributed by atoms with van der Waals surface area (Å²) in [5.74, 6) is 0.546. The molecule has 8 heteroatoms. The van der Waals surface area contributed by atoms with Crippen molar-refractivity contribution in [1.29, 1.82) is 0 Å². The highest BCUT2D eigenvalue weighted by Gasteiger charge is 2.37. The third kappa shape index (κ3) is 4.09. The Morgan fingerprint density at radius 1 is 1.13 bits per heavy atom. The molecule has 30 heavy (non-hydrogen) atoms. The molecule has 7 nitrogen and oxygen atoms in total. The second-order valence-electron chi connectivity index (χ2n) is 6.56. The van der Waals surface area contributed by atoms with E-state index in [0.29, 0.717) is 24.5 Å². The van der Waals surface area contributed by atoms with Gasteiger partial charge < -0.3 is 19.1 Å². The van der Waals surface area contributed by atoms with Crippen LogP contribution in [0.1, 0.15) is 19.4 Å². The summed E-state index contributed by atoms with van der Waals surface area (Å²) in [4.78, 5) is 27.6. The molecule has 1 aliphatic heterocycles. The van der Waals surface area contributed by atoms with E-state index in [1.807, 2.05) is 44.2 Å². The van der Waals surface area contributed by atoms with Crippen molar-refractivity contribution < 1.29 is 23.8 Å². The molecule has 1 amide bonds. The summed E-state index contributed by atoms with van der Waals surface area (Å²) in [5.41, 5.74) is 0.996. The number of thiocarbonyl (C=S) groups is 1. The van der Waals surface area contributed by atoms with Gasteiger partial charge in [0.05, 0.1) is 20.3 Å². The number of esters is 1. The number of amides is 1. The molecular formula is C22H24N2O5S. The Kier molecular flexibility index (Phi) is 6.56. The smallest absolute Gasteiger partial charge is 0.325 e. The number of carbonyl (C=O) groups excluding carboxylic acids is 2. The van der Waals surface area contributed by atoms with Gasteiger partial charge in [0.25, 0.3) is 5.91 Å². The van der Waals surface area contributed by atoms with Gasteiger partial charge in [-0.1, -0.05) is 12.1 Å². The minimum Gasteiger partial charge on any atom is -0.494 e. The number of methoxy groups -OCH3 is 1. The van der Waals surface area contributed by atoms with Gasteiger partial charge in [-0.3, -0.25) is 14.5 Å². The summed E-state index contributed by atoms with van der Waals surface area (Å²) >= 11 is 5.37. The standard InChI is InChI=1S/C22H24N2O5S/c1-5-28-15-9-7-14-8-10-19(29-6-2)17(16(14)11-15)12-18-21(26)23(3)22(30)24(18)13-20(25)27-4/h7-12H,5-6,13H2,1-4H3/b18-12-. The Morgan fingerprint density at radius 2 is 1.83 bits per heavy atom. The maximum Gasteiger partial charge on any atom is 0.325 e. The zero-order chi connectivity index (χ0) is 21.8. The number of fused-ring (bicyclic) bond motifs is 1. The van der Waals surface area contributed by atoms with E-state index in [1.165, 1.54) is 16.9 Å². The van der Waals surface area contributed by atoms with Gasteiger partial charge in [0.15, 0.2) is 5.11 Å². The Bertz CT molecular complexity index is 1030. The first kappa shape index (κ1) is 21.6. The van der Waals surface area contributed by atoms with Crippen molar-refractivity contribution in [2.75, 3.05) is 33.9 Å². The van der Waals surface area contributed by atoms with Crippen LogP contribution in [0.15, 0.2) is 36.0 Å². The molecule has 0 atom stereocenters. The Hall–Kier alpha value is -3.13. The lowest BCUT2D eigenvalue weighted by molar-refractivity contribution is -0.140. The van der Waals surface area contributed by atoms with Gasteiger partial charge in [-0.25, -0.2) is 0 Å². The van der Waals surface area contributed by atoms with Crippen molar-refractivity contribution in [3.8, 4) is 11.5 Å². The van der Waals surface area contributed by atoms with Gasteiger partial charge in [-0.2, -0.15) is 0 Å². The number of likely N-dealkylation sites (N-methyl/N-ethyl adjacent to an activating group) is 1. The van der Waals surface area contributed by atoms with Crippen molar-refractivity contribution >= 4 is 46.1 Å². The number of benzene rings is 2. The lowest BCUT2D eigenvalue weighted by Crippen LogP contribution is -2.33. The van der Waals surface area contributed by atoms with Crippen LogP contribution in [0.5, 0.6) is 11.5 Å². The van der Waals surface area contributed by atoms with Crippen molar-refractivity contribution in [1.82, 2.24) is 9.80 Å². The molecule has 0 aromatic heterocycles. The number of ether oxygens (including phenoxy) is 3. The summed E-state index contributed by atoms with van der Waals surface area (Å²) in [6.07, 6.45) is 1.71. The van der Waals surface area contributed by atoms with Gasteiger partial charge in [0.2, 0.25) is 0 Å². The summed E-state index contributed by atoms with van der Waals surface area (Å²) in [7, 11) is 2.87. The number of rotatable bonds is 7. The van der Waals surface area contributed by atoms with E-state index >= 15 is 0 Å². The second kappa shape index (κ2) is 9.13. The molecule has 0 N–H and O–H groups in total. The normalized spacial score (nSPS) is 15.3. The minimum atomic E-state index is -0.493. The van der Waals surface area contributed by atoms with Crippen molar-refractivity contribution in [2.24, 2.45) is 0 Å². The first-order chi connectivity index (χ1) is 14.4. The molecule has 158 valence electrons. The van der Waals surface area contributed by atoms with Crippen LogP contribution in [0.2, 0.25) is 0 Å². The average Bonchev–Trinajstić information content (AvgIpc) is 2.93. The molecule has 3 rings (SSSR count). The highest BCUT2D eigenvalue weighted by Crippen LogP contribution is 2.34. The molecule has 2 aromatic carbocycles. The highest BCUT2D eigenvalue weighted by atomic mass is 32.1. The maximum atomic E-state index is 12.9. The van der Waals surface area contributed by atoms with Crippen molar-refractivity contribution in [2.45, 2.75) is 13.8 Å². The van der Waals surface area contributed by atoms with Crippen LogP contribution >= 0.6 is 12.2 Å². The fourth-order valence-corrected chi connectivity index (χ4v) is 3.52. The molecular weight excluding hydrogens is 404 g/mol. The summed E-state index contributed by atoms with van der Waals surface area (Å²) in [6.45, 7) is 4.66. The summed E-state index contributed by atoms with van der Waals surface area (Å²) in [6, 6.07) is 9.59. The van der Waals surface area contributed by atoms with Gasteiger partial charge >= 0.3 is 5.97 Å². The van der Waals surface area contributed by atoms with E-state index in [1.54, 1.807) is 13.1 Å².